The number of rotatable bonds is 3. The monoisotopic (exact) mass is 365 g/mol. The molecule has 0 aliphatic carbocycles. The summed E-state index contributed by atoms with van der Waals surface area (Å²) in [6.45, 7) is 3.47. The number of aryl methyl sites for hydroxylation is 1. The van der Waals surface area contributed by atoms with E-state index in [0.717, 1.165) is 16.8 Å². The lowest BCUT2D eigenvalue weighted by molar-refractivity contribution is -0.129. The minimum Gasteiger partial charge on any atom is -0.357 e. The Morgan fingerprint density at radius 2 is 2.00 bits per heavy atom. The van der Waals surface area contributed by atoms with Crippen molar-refractivity contribution in [1.82, 2.24) is 15.2 Å². The lowest BCUT2D eigenvalue weighted by Crippen LogP contribution is -2.49. The van der Waals surface area contributed by atoms with E-state index in [1.807, 2.05) is 30.0 Å². The lowest BCUT2D eigenvalue weighted by atomic mass is 10.0. The van der Waals surface area contributed by atoms with Crippen LogP contribution in [0, 0.1) is 12.7 Å². The van der Waals surface area contributed by atoms with Gasteiger partial charge in [-0.2, -0.15) is 0 Å². The summed E-state index contributed by atoms with van der Waals surface area (Å²) in [6, 6.07) is 12.8. The Bertz CT molecular complexity index is 1080. The number of carbonyl (C=O) groups excluding carboxylic acids is 1. The number of halogens is 1. The number of aromatic amines is 1. The maximum absolute atomic E-state index is 13.7. The number of carbonyl (C=O) groups is 1. The Morgan fingerprint density at radius 1 is 1.15 bits per heavy atom. The van der Waals surface area contributed by atoms with Crippen LogP contribution in [-0.4, -0.2) is 28.9 Å². The molecule has 3 aromatic rings. The highest BCUT2D eigenvalue weighted by atomic mass is 19.1. The van der Waals surface area contributed by atoms with Crippen LogP contribution in [0.4, 0.5) is 4.39 Å². The van der Waals surface area contributed by atoms with Crippen molar-refractivity contribution in [3.8, 4) is 0 Å². The summed E-state index contributed by atoms with van der Waals surface area (Å²) in [5, 5.41) is 3.49. The second-order valence-electron chi connectivity index (χ2n) is 6.93. The Kier molecular flexibility index (Phi) is 4.49. The fraction of sp³-hybridized carbons (Fsp3) is 0.238. The summed E-state index contributed by atoms with van der Waals surface area (Å²) < 4.78 is 13.7. The van der Waals surface area contributed by atoms with Gasteiger partial charge in [0.05, 0.1) is 0 Å². The number of pyridine rings is 1. The van der Waals surface area contributed by atoms with E-state index in [9.17, 15) is 14.0 Å². The van der Waals surface area contributed by atoms with Crippen molar-refractivity contribution in [1.29, 1.82) is 0 Å². The van der Waals surface area contributed by atoms with Gasteiger partial charge < -0.3 is 10.3 Å². The Balaban J connectivity index is 1.69. The SMILES string of the molecule is Cc1ccc2[nH]c(CN3CCNC(=O)[C@@H]3c3cccc(F)c3)cc(=O)c2c1. The van der Waals surface area contributed by atoms with Crippen molar-refractivity contribution >= 4 is 16.8 Å². The third kappa shape index (κ3) is 3.48. The van der Waals surface area contributed by atoms with Crippen LogP contribution in [0.2, 0.25) is 0 Å². The predicted molar refractivity (Wildman–Crippen MR) is 102 cm³/mol. The van der Waals surface area contributed by atoms with Crippen molar-refractivity contribution in [2.75, 3.05) is 13.1 Å². The number of benzene rings is 2. The molecule has 0 unspecified atom stereocenters. The molecule has 1 fully saturated rings. The summed E-state index contributed by atoms with van der Waals surface area (Å²) in [4.78, 5) is 30.2. The number of H-pyrrole nitrogens is 1. The minimum atomic E-state index is -0.591. The predicted octanol–water partition coefficient (Wildman–Crippen LogP) is 2.65. The van der Waals surface area contributed by atoms with Gasteiger partial charge in [0.2, 0.25) is 5.91 Å². The summed E-state index contributed by atoms with van der Waals surface area (Å²) in [5.41, 5.74) is 3.08. The Hall–Kier alpha value is -2.99. The number of hydrogen-bond donors (Lipinski definition) is 2. The van der Waals surface area contributed by atoms with E-state index in [-0.39, 0.29) is 17.2 Å². The molecule has 0 spiro atoms. The van der Waals surface area contributed by atoms with Crippen LogP contribution < -0.4 is 10.7 Å². The molecule has 0 saturated carbocycles. The van der Waals surface area contributed by atoms with Gasteiger partial charge in [0, 0.05) is 42.3 Å². The largest absolute Gasteiger partial charge is 0.357 e. The maximum atomic E-state index is 13.7. The third-order valence-electron chi connectivity index (χ3n) is 4.89. The van der Waals surface area contributed by atoms with Gasteiger partial charge >= 0.3 is 0 Å². The molecular formula is C21H20FN3O2. The van der Waals surface area contributed by atoms with Gasteiger partial charge in [0.25, 0.3) is 0 Å². The molecule has 0 radical (unpaired) electrons. The van der Waals surface area contributed by atoms with Crippen LogP contribution in [0.1, 0.15) is 22.9 Å². The van der Waals surface area contributed by atoms with Gasteiger partial charge in [0.15, 0.2) is 5.43 Å². The van der Waals surface area contributed by atoms with Crippen molar-refractivity contribution in [3.63, 3.8) is 0 Å². The first-order chi connectivity index (χ1) is 13.0. The molecule has 1 aliphatic rings. The molecule has 27 heavy (non-hydrogen) atoms. The van der Waals surface area contributed by atoms with Crippen molar-refractivity contribution in [2.24, 2.45) is 0 Å². The minimum absolute atomic E-state index is 0.0498. The molecule has 0 bridgehead atoms. The van der Waals surface area contributed by atoms with E-state index < -0.39 is 6.04 Å². The molecule has 1 amide bonds. The van der Waals surface area contributed by atoms with Crippen LogP contribution >= 0.6 is 0 Å². The molecule has 2 N–H and O–H groups in total. The van der Waals surface area contributed by atoms with E-state index in [1.165, 1.54) is 12.1 Å². The average molecular weight is 365 g/mol. The van der Waals surface area contributed by atoms with Gasteiger partial charge in [-0.1, -0.05) is 23.8 Å². The molecule has 5 nitrogen and oxygen atoms in total. The van der Waals surface area contributed by atoms with Gasteiger partial charge in [-0.3, -0.25) is 14.5 Å². The summed E-state index contributed by atoms with van der Waals surface area (Å²) in [5.74, 6) is -0.536. The standard InChI is InChI=1S/C21H20FN3O2/c1-13-5-6-18-17(9-13)19(26)11-16(24-18)12-25-8-7-23-21(27)20(25)14-3-2-4-15(22)10-14/h2-6,9-11,20H,7-8,12H2,1H3,(H,23,27)(H,24,26)/t20-/m0/s1. The second-order valence-corrected chi connectivity index (χ2v) is 6.93. The fourth-order valence-electron chi connectivity index (χ4n) is 3.64. The summed E-state index contributed by atoms with van der Waals surface area (Å²) >= 11 is 0. The van der Waals surface area contributed by atoms with Gasteiger partial charge in [-0.05, 0) is 36.8 Å². The Labute approximate surface area is 155 Å². The molecule has 1 atom stereocenters. The normalized spacial score (nSPS) is 17.9. The molecular weight excluding hydrogens is 345 g/mol. The smallest absolute Gasteiger partial charge is 0.242 e. The maximum Gasteiger partial charge on any atom is 0.242 e. The van der Waals surface area contributed by atoms with Crippen molar-refractivity contribution in [2.45, 2.75) is 19.5 Å². The third-order valence-corrected chi connectivity index (χ3v) is 4.89. The van der Waals surface area contributed by atoms with Crippen LogP contribution in [0.5, 0.6) is 0 Å². The average Bonchev–Trinajstić information content (AvgIpc) is 2.62. The van der Waals surface area contributed by atoms with E-state index in [4.69, 9.17) is 0 Å². The fourth-order valence-corrected chi connectivity index (χ4v) is 3.64. The topological polar surface area (TPSA) is 65.2 Å². The van der Waals surface area contributed by atoms with Crippen LogP contribution in [0.3, 0.4) is 0 Å². The van der Waals surface area contributed by atoms with E-state index >= 15 is 0 Å². The number of fused-ring (bicyclic) bond motifs is 1. The summed E-state index contributed by atoms with van der Waals surface area (Å²) in [7, 11) is 0. The molecule has 1 aromatic heterocycles. The van der Waals surface area contributed by atoms with Gasteiger partial charge in [-0.25, -0.2) is 4.39 Å². The molecule has 1 aliphatic heterocycles. The van der Waals surface area contributed by atoms with E-state index in [0.29, 0.717) is 30.6 Å². The molecule has 6 heteroatoms. The van der Waals surface area contributed by atoms with E-state index in [2.05, 4.69) is 10.3 Å². The molecule has 4 rings (SSSR count). The summed E-state index contributed by atoms with van der Waals surface area (Å²) in [6.07, 6.45) is 0. The zero-order valence-corrected chi connectivity index (χ0v) is 15.0. The first-order valence-electron chi connectivity index (χ1n) is 8.91. The molecule has 2 aromatic carbocycles. The number of piperazine rings is 1. The highest BCUT2D eigenvalue weighted by molar-refractivity contribution is 5.84. The van der Waals surface area contributed by atoms with Crippen molar-refractivity contribution < 1.29 is 9.18 Å². The Morgan fingerprint density at radius 3 is 2.81 bits per heavy atom. The number of amides is 1. The van der Waals surface area contributed by atoms with Gasteiger partial charge in [-0.15, -0.1) is 0 Å². The van der Waals surface area contributed by atoms with E-state index in [1.54, 1.807) is 18.2 Å². The van der Waals surface area contributed by atoms with Crippen LogP contribution in [0.15, 0.2) is 53.3 Å². The molecule has 138 valence electrons. The van der Waals surface area contributed by atoms with Crippen LogP contribution in [0.25, 0.3) is 10.9 Å². The zero-order valence-electron chi connectivity index (χ0n) is 15.0. The van der Waals surface area contributed by atoms with Gasteiger partial charge in [0.1, 0.15) is 11.9 Å². The second kappa shape index (κ2) is 6.96. The van der Waals surface area contributed by atoms with Crippen LogP contribution in [-0.2, 0) is 11.3 Å². The first kappa shape index (κ1) is 17.4. The number of nitrogens with zero attached hydrogens (tertiary/aromatic N) is 1. The van der Waals surface area contributed by atoms with Crippen molar-refractivity contribution in [3.05, 3.63) is 81.4 Å². The number of hydrogen-bond acceptors (Lipinski definition) is 3. The lowest BCUT2D eigenvalue weighted by Gasteiger charge is -2.35. The quantitative estimate of drug-likeness (QED) is 0.750. The number of nitrogens with one attached hydrogen (secondary N) is 2. The molecule has 1 saturated heterocycles. The first-order valence-corrected chi connectivity index (χ1v) is 8.91. The molecule has 2 heterocycles. The number of aromatic nitrogens is 1. The highest BCUT2D eigenvalue weighted by Gasteiger charge is 2.31. The zero-order chi connectivity index (χ0) is 19.0. The highest BCUT2D eigenvalue weighted by Crippen LogP contribution is 2.25.